The van der Waals surface area contributed by atoms with Crippen LogP contribution >= 0.6 is 27.3 Å². The van der Waals surface area contributed by atoms with E-state index in [-0.39, 0.29) is 0 Å². The van der Waals surface area contributed by atoms with Gasteiger partial charge in [-0.15, -0.1) is 11.3 Å². The highest BCUT2D eigenvalue weighted by Crippen LogP contribution is 2.22. The molecule has 5 heteroatoms. The van der Waals surface area contributed by atoms with Crippen LogP contribution in [0.3, 0.4) is 0 Å². The smallest absolute Gasteiger partial charge is 0.0327 e. The van der Waals surface area contributed by atoms with Gasteiger partial charge >= 0.3 is 0 Å². The van der Waals surface area contributed by atoms with Gasteiger partial charge in [0, 0.05) is 48.6 Å². The molecule has 108 valence electrons. The minimum Gasteiger partial charge on any atom is -0.312 e. The molecule has 1 N–H and O–H groups in total. The van der Waals surface area contributed by atoms with E-state index in [2.05, 4.69) is 56.5 Å². The Labute approximate surface area is 129 Å². The van der Waals surface area contributed by atoms with Gasteiger partial charge in [-0.3, -0.25) is 0 Å². The van der Waals surface area contributed by atoms with Crippen molar-refractivity contribution >= 4 is 27.3 Å². The number of hydrogen-bond donors (Lipinski definition) is 1. The molecule has 1 aromatic rings. The Hall–Kier alpha value is 0.0600. The Kier molecular flexibility index (Phi) is 6.29. The zero-order valence-electron chi connectivity index (χ0n) is 11.9. The van der Waals surface area contributed by atoms with Gasteiger partial charge < -0.3 is 15.1 Å². The molecule has 1 aliphatic rings. The highest BCUT2D eigenvalue weighted by atomic mass is 79.9. The maximum absolute atomic E-state index is 3.58. The highest BCUT2D eigenvalue weighted by Gasteiger charge is 2.15. The van der Waals surface area contributed by atoms with E-state index in [4.69, 9.17) is 0 Å². The second-order valence-electron chi connectivity index (χ2n) is 5.53. The van der Waals surface area contributed by atoms with Crippen molar-refractivity contribution in [3.05, 3.63) is 20.8 Å². The molecule has 0 unspecified atom stereocenters. The topological polar surface area (TPSA) is 18.5 Å². The van der Waals surface area contributed by atoms with Crippen molar-refractivity contribution in [2.45, 2.75) is 13.5 Å². The summed E-state index contributed by atoms with van der Waals surface area (Å²) in [5.41, 5.74) is 0. The summed E-state index contributed by atoms with van der Waals surface area (Å²) in [4.78, 5) is 6.40. The number of hydrogen-bond acceptors (Lipinski definition) is 4. The molecule has 1 atom stereocenters. The van der Waals surface area contributed by atoms with E-state index in [1.165, 1.54) is 42.1 Å². The third kappa shape index (κ3) is 5.16. The number of nitrogens with one attached hydrogen (secondary N) is 1. The van der Waals surface area contributed by atoms with E-state index >= 15 is 0 Å². The number of nitrogens with zero attached hydrogens (tertiary/aromatic N) is 2. The first-order valence-corrected chi connectivity index (χ1v) is 8.66. The van der Waals surface area contributed by atoms with E-state index in [0.29, 0.717) is 5.92 Å². The second kappa shape index (κ2) is 7.74. The van der Waals surface area contributed by atoms with Crippen molar-refractivity contribution in [3.8, 4) is 0 Å². The standard InChI is InChI=1S/C14H24BrN3S/c1-12(11-18-6-4-17(2)5-7-18)9-16-10-14-13(15)3-8-19-14/h3,8,12,16H,4-7,9-11H2,1-2H3/t12-/m0/s1. The largest absolute Gasteiger partial charge is 0.312 e. The second-order valence-corrected chi connectivity index (χ2v) is 7.39. The summed E-state index contributed by atoms with van der Waals surface area (Å²) in [6, 6.07) is 2.12. The Balaban J connectivity index is 1.62. The van der Waals surface area contributed by atoms with Crippen LogP contribution in [-0.4, -0.2) is 56.1 Å². The molecule has 19 heavy (non-hydrogen) atoms. The molecule has 0 aromatic carbocycles. The number of rotatable bonds is 6. The fraction of sp³-hybridized carbons (Fsp3) is 0.714. The van der Waals surface area contributed by atoms with Gasteiger partial charge in [0.15, 0.2) is 0 Å². The quantitative estimate of drug-likeness (QED) is 0.854. The fourth-order valence-electron chi connectivity index (χ4n) is 2.42. The molecule has 0 bridgehead atoms. The van der Waals surface area contributed by atoms with Crippen molar-refractivity contribution in [1.29, 1.82) is 0 Å². The molecule has 1 aromatic heterocycles. The molecule has 1 fully saturated rings. The monoisotopic (exact) mass is 345 g/mol. The maximum atomic E-state index is 3.58. The molecule has 0 aliphatic carbocycles. The molecular weight excluding hydrogens is 322 g/mol. The summed E-state index contributed by atoms with van der Waals surface area (Å²) in [7, 11) is 2.21. The summed E-state index contributed by atoms with van der Waals surface area (Å²) in [6.07, 6.45) is 0. The van der Waals surface area contributed by atoms with E-state index in [0.717, 1.165) is 13.1 Å². The lowest BCUT2D eigenvalue weighted by Crippen LogP contribution is -2.46. The van der Waals surface area contributed by atoms with E-state index < -0.39 is 0 Å². The predicted molar refractivity (Wildman–Crippen MR) is 86.8 cm³/mol. The van der Waals surface area contributed by atoms with Crippen LogP contribution in [0.5, 0.6) is 0 Å². The lowest BCUT2D eigenvalue weighted by Gasteiger charge is -2.34. The van der Waals surface area contributed by atoms with E-state index in [1.54, 1.807) is 0 Å². The molecule has 3 nitrogen and oxygen atoms in total. The van der Waals surface area contributed by atoms with Crippen LogP contribution in [0.25, 0.3) is 0 Å². The van der Waals surface area contributed by atoms with Gasteiger partial charge in [0.05, 0.1) is 0 Å². The molecule has 2 heterocycles. The minimum absolute atomic E-state index is 0.710. The van der Waals surface area contributed by atoms with Crippen LogP contribution in [0.4, 0.5) is 0 Å². The van der Waals surface area contributed by atoms with Crippen molar-refractivity contribution in [2.24, 2.45) is 5.92 Å². The first-order valence-electron chi connectivity index (χ1n) is 6.98. The van der Waals surface area contributed by atoms with E-state index in [1.807, 2.05) is 11.3 Å². The molecule has 2 rings (SSSR count). The zero-order chi connectivity index (χ0) is 13.7. The first kappa shape index (κ1) is 15.4. The summed E-state index contributed by atoms with van der Waals surface area (Å²) in [5, 5.41) is 5.70. The van der Waals surface area contributed by atoms with Crippen LogP contribution in [0.1, 0.15) is 11.8 Å². The van der Waals surface area contributed by atoms with Gasteiger partial charge in [-0.25, -0.2) is 0 Å². The SMILES string of the molecule is C[C@@H](CNCc1sccc1Br)CN1CCN(C)CC1. The Morgan fingerprint density at radius 3 is 2.74 bits per heavy atom. The third-order valence-electron chi connectivity index (χ3n) is 3.64. The van der Waals surface area contributed by atoms with Gasteiger partial charge in [0.25, 0.3) is 0 Å². The average molecular weight is 346 g/mol. The Morgan fingerprint density at radius 2 is 2.11 bits per heavy atom. The molecule has 1 aliphatic heterocycles. The number of halogens is 1. The average Bonchev–Trinajstić information content (AvgIpc) is 2.78. The normalized spacial score (nSPS) is 19.7. The summed E-state index contributed by atoms with van der Waals surface area (Å²) in [6.45, 7) is 10.5. The fourth-order valence-corrected chi connectivity index (χ4v) is 3.88. The zero-order valence-corrected chi connectivity index (χ0v) is 14.3. The van der Waals surface area contributed by atoms with Crippen molar-refractivity contribution in [3.63, 3.8) is 0 Å². The lowest BCUT2D eigenvalue weighted by molar-refractivity contribution is 0.138. The van der Waals surface area contributed by atoms with Crippen molar-refractivity contribution in [1.82, 2.24) is 15.1 Å². The van der Waals surface area contributed by atoms with Gasteiger partial charge in [0.2, 0.25) is 0 Å². The number of likely N-dealkylation sites (N-methyl/N-ethyl adjacent to an activating group) is 1. The van der Waals surface area contributed by atoms with Crippen LogP contribution in [0.15, 0.2) is 15.9 Å². The first-order chi connectivity index (χ1) is 9.15. The van der Waals surface area contributed by atoms with Gasteiger partial charge in [0.1, 0.15) is 0 Å². The van der Waals surface area contributed by atoms with Crippen LogP contribution in [0.2, 0.25) is 0 Å². The minimum atomic E-state index is 0.710. The van der Waals surface area contributed by atoms with Gasteiger partial charge in [-0.05, 0) is 46.9 Å². The number of thiophene rings is 1. The van der Waals surface area contributed by atoms with Crippen molar-refractivity contribution < 1.29 is 0 Å². The molecule has 0 radical (unpaired) electrons. The third-order valence-corrected chi connectivity index (χ3v) is 5.56. The van der Waals surface area contributed by atoms with Crippen LogP contribution in [-0.2, 0) is 6.54 Å². The van der Waals surface area contributed by atoms with Gasteiger partial charge in [-0.1, -0.05) is 6.92 Å². The predicted octanol–water partition coefficient (Wildman–Crippen LogP) is 2.48. The maximum Gasteiger partial charge on any atom is 0.0327 e. The molecule has 0 saturated carbocycles. The Morgan fingerprint density at radius 1 is 1.37 bits per heavy atom. The van der Waals surface area contributed by atoms with Gasteiger partial charge in [-0.2, -0.15) is 0 Å². The summed E-state index contributed by atoms with van der Waals surface area (Å²) >= 11 is 5.39. The molecular formula is C14H24BrN3S. The molecule has 0 amide bonds. The lowest BCUT2D eigenvalue weighted by atomic mass is 10.1. The Bertz CT molecular complexity index is 375. The van der Waals surface area contributed by atoms with Crippen molar-refractivity contribution in [2.75, 3.05) is 46.3 Å². The summed E-state index contributed by atoms with van der Waals surface area (Å²) in [5.74, 6) is 0.710. The van der Waals surface area contributed by atoms with Crippen LogP contribution in [0, 0.1) is 5.92 Å². The highest BCUT2D eigenvalue weighted by molar-refractivity contribution is 9.10. The number of piperazine rings is 1. The summed E-state index contributed by atoms with van der Waals surface area (Å²) < 4.78 is 1.23. The molecule has 1 saturated heterocycles. The molecule has 0 spiro atoms. The van der Waals surface area contributed by atoms with E-state index in [9.17, 15) is 0 Å². The van der Waals surface area contributed by atoms with Crippen LogP contribution < -0.4 is 5.32 Å².